The molecule has 3 aromatic carbocycles. The Morgan fingerprint density at radius 2 is 1.83 bits per heavy atom. The predicted octanol–water partition coefficient (Wildman–Crippen LogP) is 4.57. The summed E-state index contributed by atoms with van der Waals surface area (Å²) in [6, 6.07) is 26.5. The molecule has 1 N–H and O–H groups in total. The highest BCUT2D eigenvalue weighted by molar-refractivity contribution is 5.89. The van der Waals surface area contributed by atoms with Gasteiger partial charge in [0.2, 0.25) is 0 Å². The molecule has 0 aliphatic rings. The topological polar surface area (TPSA) is 78.8 Å². The van der Waals surface area contributed by atoms with Gasteiger partial charge in [-0.3, -0.25) is 4.79 Å². The molecule has 4 aromatic rings. The summed E-state index contributed by atoms with van der Waals surface area (Å²) in [5, 5.41) is 10.1. The number of nitrogens with one attached hydrogen (secondary N) is 1. The number of fused-ring (bicyclic) bond motifs is 1. The number of hydrogen-bond donors (Lipinski definition) is 1. The minimum absolute atomic E-state index is 0.242. The maximum absolute atomic E-state index is 12.3. The molecule has 0 aliphatic carbocycles. The quantitative estimate of drug-likeness (QED) is 0.515. The van der Waals surface area contributed by atoms with Gasteiger partial charge in [0.25, 0.3) is 5.56 Å². The van der Waals surface area contributed by atoms with Gasteiger partial charge in [0.1, 0.15) is 18.4 Å². The molecule has 0 aliphatic heterocycles. The first-order valence-electron chi connectivity index (χ1n) is 9.11. The number of nitriles is 1. The summed E-state index contributed by atoms with van der Waals surface area (Å²) in [6.07, 6.45) is 1.68. The van der Waals surface area contributed by atoms with Gasteiger partial charge in [-0.05, 0) is 41.5 Å². The number of ether oxygens (including phenoxy) is 1. The minimum Gasteiger partial charge on any atom is -0.489 e. The molecule has 5 heteroatoms. The van der Waals surface area contributed by atoms with Gasteiger partial charge in [0.15, 0.2) is 5.82 Å². The van der Waals surface area contributed by atoms with Crippen molar-refractivity contribution in [2.45, 2.75) is 6.61 Å². The lowest BCUT2D eigenvalue weighted by atomic mass is 10.1. The molecule has 0 radical (unpaired) electrons. The van der Waals surface area contributed by atoms with Crippen LogP contribution in [0.1, 0.15) is 17.0 Å². The fourth-order valence-corrected chi connectivity index (χ4v) is 2.97. The average molecular weight is 379 g/mol. The molecule has 0 amide bonds. The zero-order valence-electron chi connectivity index (χ0n) is 15.5. The van der Waals surface area contributed by atoms with Gasteiger partial charge in [-0.15, -0.1) is 0 Å². The summed E-state index contributed by atoms with van der Waals surface area (Å²) in [4.78, 5) is 19.4. The molecular weight excluding hydrogens is 362 g/mol. The molecule has 140 valence electrons. The van der Waals surface area contributed by atoms with E-state index in [1.165, 1.54) is 0 Å². The van der Waals surface area contributed by atoms with Crippen LogP contribution in [-0.4, -0.2) is 9.97 Å². The summed E-state index contributed by atoms with van der Waals surface area (Å²) in [5.41, 5.74) is 2.40. The van der Waals surface area contributed by atoms with Crippen molar-refractivity contribution in [1.29, 1.82) is 5.26 Å². The van der Waals surface area contributed by atoms with Gasteiger partial charge in [-0.25, -0.2) is 4.98 Å². The number of aromatic amines is 1. The van der Waals surface area contributed by atoms with Gasteiger partial charge in [0, 0.05) is 0 Å². The second kappa shape index (κ2) is 8.24. The molecule has 5 nitrogen and oxygen atoms in total. The first kappa shape index (κ1) is 18.2. The van der Waals surface area contributed by atoms with Crippen molar-refractivity contribution in [3.63, 3.8) is 0 Å². The van der Waals surface area contributed by atoms with Gasteiger partial charge < -0.3 is 9.72 Å². The van der Waals surface area contributed by atoms with E-state index in [9.17, 15) is 10.1 Å². The van der Waals surface area contributed by atoms with Gasteiger partial charge in [-0.1, -0.05) is 54.6 Å². The summed E-state index contributed by atoms with van der Waals surface area (Å²) in [7, 11) is 0. The highest BCUT2D eigenvalue weighted by atomic mass is 16.5. The molecule has 0 bridgehead atoms. The van der Waals surface area contributed by atoms with Crippen LogP contribution in [-0.2, 0) is 6.61 Å². The van der Waals surface area contributed by atoms with Crippen LogP contribution in [0.4, 0.5) is 0 Å². The van der Waals surface area contributed by atoms with Crippen molar-refractivity contribution in [2.24, 2.45) is 0 Å². The number of aromatic nitrogens is 2. The van der Waals surface area contributed by atoms with E-state index in [0.29, 0.717) is 23.3 Å². The van der Waals surface area contributed by atoms with E-state index < -0.39 is 0 Å². The summed E-state index contributed by atoms with van der Waals surface area (Å²) in [6.45, 7) is 0.457. The number of para-hydroxylation sites is 1. The van der Waals surface area contributed by atoms with E-state index in [-0.39, 0.29) is 17.0 Å². The Morgan fingerprint density at radius 3 is 2.66 bits per heavy atom. The highest BCUT2D eigenvalue weighted by Gasteiger charge is 2.08. The van der Waals surface area contributed by atoms with Crippen LogP contribution >= 0.6 is 0 Å². The number of nitrogens with zero attached hydrogens (tertiary/aromatic N) is 2. The normalized spacial score (nSPS) is 11.2. The third-order valence-corrected chi connectivity index (χ3v) is 4.41. The van der Waals surface area contributed by atoms with Crippen molar-refractivity contribution in [3.05, 3.63) is 106 Å². The SMILES string of the molecule is N#C/C(=C/c1cccc(OCc2ccccc2)c1)c1nc2ccccc2c(=O)[nH]1. The van der Waals surface area contributed by atoms with Crippen LogP contribution < -0.4 is 10.3 Å². The van der Waals surface area contributed by atoms with Gasteiger partial charge >= 0.3 is 0 Å². The molecule has 0 spiro atoms. The second-order valence-electron chi connectivity index (χ2n) is 6.45. The Balaban J connectivity index is 1.62. The first-order chi connectivity index (χ1) is 14.2. The standard InChI is InChI=1S/C24H17N3O2/c25-15-19(23-26-22-12-5-4-11-21(22)24(28)27-23)13-18-9-6-10-20(14-18)29-16-17-7-2-1-3-8-17/h1-14H,16H2,(H,26,27,28)/b19-13-. The smallest absolute Gasteiger partial charge is 0.259 e. The minimum atomic E-state index is -0.272. The van der Waals surface area contributed by atoms with E-state index in [1.54, 1.807) is 24.3 Å². The molecule has 1 aromatic heterocycles. The number of H-pyrrole nitrogens is 1. The van der Waals surface area contributed by atoms with Crippen molar-refractivity contribution in [2.75, 3.05) is 0 Å². The monoisotopic (exact) mass is 379 g/mol. The largest absolute Gasteiger partial charge is 0.489 e. The molecule has 0 saturated carbocycles. The number of benzene rings is 3. The van der Waals surface area contributed by atoms with Gasteiger partial charge in [-0.2, -0.15) is 5.26 Å². The Morgan fingerprint density at radius 1 is 1.03 bits per heavy atom. The summed E-state index contributed by atoms with van der Waals surface area (Å²) < 4.78 is 5.84. The van der Waals surface area contributed by atoms with Gasteiger partial charge in [0.05, 0.1) is 16.5 Å². The lowest BCUT2D eigenvalue weighted by Gasteiger charge is -2.07. The van der Waals surface area contributed by atoms with E-state index in [1.807, 2.05) is 60.7 Å². The molecule has 0 fully saturated rings. The number of allylic oxidation sites excluding steroid dienone is 1. The Bertz CT molecular complexity index is 1280. The van der Waals surface area contributed by atoms with Crippen molar-refractivity contribution in [3.8, 4) is 11.8 Å². The molecule has 0 atom stereocenters. The average Bonchev–Trinajstić information content (AvgIpc) is 2.77. The predicted molar refractivity (Wildman–Crippen MR) is 113 cm³/mol. The van der Waals surface area contributed by atoms with E-state index in [4.69, 9.17) is 4.74 Å². The molecule has 0 saturated heterocycles. The first-order valence-corrected chi connectivity index (χ1v) is 9.11. The maximum Gasteiger partial charge on any atom is 0.259 e. The van der Waals surface area contributed by atoms with Crippen LogP contribution in [0.15, 0.2) is 83.7 Å². The maximum atomic E-state index is 12.3. The van der Waals surface area contributed by atoms with Crippen LogP contribution in [0.3, 0.4) is 0 Å². The van der Waals surface area contributed by atoms with Crippen LogP contribution in [0, 0.1) is 11.3 Å². The summed E-state index contributed by atoms with van der Waals surface area (Å²) >= 11 is 0. The van der Waals surface area contributed by atoms with E-state index >= 15 is 0 Å². The zero-order chi connectivity index (χ0) is 20.1. The molecule has 4 rings (SSSR count). The number of rotatable bonds is 5. The lowest BCUT2D eigenvalue weighted by Crippen LogP contribution is -2.11. The van der Waals surface area contributed by atoms with Crippen LogP contribution in [0.25, 0.3) is 22.6 Å². The van der Waals surface area contributed by atoms with E-state index in [0.717, 1.165) is 11.1 Å². The second-order valence-corrected chi connectivity index (χ2v) is 6.45. The Hall–Kier alpha value is -4.17. The summed E-state index contributed by atoms with van der Waals surface area (Å²) in [5.74, 6) is 0.937. The number of hydrogen-bond acceptors (Lipinski definition) is 4. The Kier molecular flexibility index (Phi) is 5.17. The van der Waals surface area contributed by atoms with Crippen LogP contribution in [0.5, 0.6) is 5.75 Å². The highest BCUT2D eigenvalue weighted by Crippen LogP contribution is 2.20. The lowest BCUT2D eigenvalue weighted by molar-refractivity contribution is 0.306. The van der Waals surface area contributed by atoms with Crippen molar-refractivity contribution in [1.82, 2.24) is 9.97 Å². The van der Waals surface area contributed by atoms with Crippen molar-refractivity contribution < 1.29 is 4.74 Å². The molecule has 0 unspecified atom stereocenters. The Labute approximate surface area is 167 Å². The fourth-order valence-electron chi connectivity index (χ4n) is 2.97. The van der Waals surface area contributed by atoms with Crippen LogP contribution in [0.2, 0.25) is 0 Å². The molecule has 29 heavy (non-hydrogen) atoms. The molecular formula is C24H17N3O2. The molecule has 1 heterocycles. The third kappa shape index (κ3) is 4.23. The zero-order valence-corrected chi connectivity index (χ0v) is 15.5. The third-order valence-electron chi connectivity index (χ3n) is 4.41. The van der Waals surface area contributed by atoms with Crippen molar-refractivity contribution >= 4 is 22.6 Å². The van der Waals surface area contributed by atoms with E-state index in [2.05, 4.69) is 16.0 Å². The fraction of sp³-hybridized carbons (Fsp3) is 0.0417.